The summed E-state index contributed by atoms with van der Waals surface area (Å²) in [5, 5.41) is 0. The van der Waals surface area contributed by atoms with Crippen LogP contribution in [0.4, 0.5) is 0 Å². The van der Waals surface area contributed by atoms with E-state index in [2.05, 4.69) is 5.48 Å². The van der Waals surface area contributed by atoms with Crippen LogP contribution in [-0.4, -0.2) is 0 Å². The lowest BCUT2D eigenvalue weighted by atomic mass is 10.1. The predicted molar refractivity (Wildman–Crippen MR) is 37.1 cm³/mol. The van der Waals surface area contributed by atoms with Crippen LogP contribution >= 0.6 is 0 Å². The van der Waals surface area contributed by atoms with Crippen LogP contribution in [0.5, 0.6) is 0 Å². The third kappa shape index (κ3) is 0.625. The zero-order chi connectivity index (χ0) is 7.31. The number of hydrogen-bond acceptors (Lipinski definition) is 3. The van der Waals surface area contributed by atoms with Crippen LogP contribution in [0.25, 0.3) is 0 Å². The molecule has 11 heavy (non-hydrogen) atoms. The second-order valence-electron chi connectivity index (χ2n) is 2.77. The number of fused-ring (bicyclic) bond motifs is 2. The Morgan fingerprint density at radius 2 is 2.18 bits per heavy atom. The Morgan fingerprint density at radius 1 is 1.36 bits per heavy atom. The molecule has 3 nitrogen and oxygen atoms in total. The van der Waals surface area contributed by atoms with E-state index in [1.165, 1.54) is 5.56 Å². The first kappa shape index (κ1) is 5.71. The van der Waals surface area contributed by atoms with E-state index < -0.39 is 5.91 Å². The fourth-order valence-corrected chi connectivity index (χ4v) is 1.44. The van der Waals surface area contributed by atoms with Gasteiger partial charge in [0.2, 0.25) is 0 Å². The molecule has 1 N–H and O–H groups in total. The van der Waals surface area contributed by atoms with Gasteiger partial charge in [0.1, 0.15) is 0 Å². The molecule has 0 bridgehead atoms. The summed E-state index contributed by atoms with van der Waals surface area (Å²) in [6.07, 6.45) is 0. The predicted octanol–water partition coefficient (Wildman–Crippen LogP) is 0.862. The summed E-state index contributed by atoms with van der Waals surface area (Å²) in [7, 11) is 0. The van der Waals surface area contributed by atoms with E-state index in [-0.39, 0.29) is 0 Å². The standard InChI is InChI=1S/C8H7NO2/c1-2-4-7-6(3-1)5-10-8(7)9-11-8/h1-4,9H,5H2. The first-order valence-corrected chi connectivity index (χ1v) is 3.58. The maximum absolute atomic E-state index is 5.39. The molecule has 56 valence electrons. The highest BCUT2D eigenvalue weighted by Crippen LogP contribution is 2.41. The third-order valence-corrected chi connectivity index (χ3v) is 2.09. The lowest BCUT2D eigenvalue weighted by molar-refractivity contribution is -0.0361. The van der Waals surface area contributed by atoms with Gasteiger partial charge in [0, 0.05) is 5.56 Å². The maximum atomic E-state index is 5.39. The van der Waals surface area contributed by atoms with Crippen LogP contribution in [0, 0.1) is 0 Å². The molecule has 1 aromatic carbocycles. The fourth-order valence-electron chi connectivity index (χ4n) is 1.44. The molecule has 1 unspecified atom stereocenters. The van der Waals surface area contributed by atoms with Gasteiger partial charge in [-0.3, -0.25) is 0 Å². The normalized spacial score (nSPS) is 32.4. The van der Waals surface area contributed by atoms with Crippen molar-refractivity contribution >= 4 is 0 Å². The van der Waals surface area contributed by atoms with Gasteiger partial charge in [0.05, 0.1) is 6.61 Å². The molecule has 2 aliphatic heterocycles. The lowest BCUT2D eigenvalue weighted by Crippen LogP contribution is -2.09. The van der Waals surface area contributed by atoms with Gasteiger partial charge >= 0.3 is 0 Å². The average Bonchev–Trinajstić information content (AvgIpc) is 2.72. The molecule has 0 saturated carbocycles. The lowest BCUT2D eigenvalue weighted by Gasteiger charge is -1.98. The minimum Gasteiger partial charge on any atom is -0.326 e. The summed E-state index contributed by atoms with van der Waals surface area (Å²) in [5.41, 5.74) is 5.06. The Kier molecular flexibility index (Phi) is 0.850. The van der Waals surface area contributed by atoms with E-state index in [0.717, 1.165) is 5.56 Å². The first-order chi connectivity index (χ1) is 5.41. The van der Waals surface area contributed by atoms with Crippen molar-refractivity contribution in [3.63, 3.8) is 0 Å². The Bertz CT molecular complexity index is 307. The Morgan fingerprint density at radius 3 is 3.00 bits per heavy atom. The molecule has 1 saturated heterocycles. The first-order valence-electron chi connectivity index (χ1n) is 3.58. The van der Waals surface area contributed by atoms with Crippen molar-refractivity contribution in [3.8, 4) is 0 Å². The van der Waals surface area contributed by atoms with Crippen LogP contribution in [0.3, 0.4) is 0 Å². The molecule has 1 fully saturated rings. The van der Waals surface area contributed by atoms with Gasteiger partial charge < -0.3 is 4.74 Å². The van der Waals surface area contributed by atoms with E-state index in [1.807, 2.05) is 24.3 Å². The maximum Gasteiger partial charge on any atom is 0.295 e. The Hall–Kier alpha value is -0.900. The van der Waals surface area contributed by atoms with E-state index in [4.69, 9.17) is 9.57 Å². The van der Waals surface area contributed by atoms with Crippen molar-refractivity contribution in [1.29, 1.82) is 0 Å². The topological polar surface area (TPSA) is 43.7 Å². The van der Waals surface area contributed by atoms with Gasteiger partial charge in [0.15, 0.2) is 0 Å². The van der Waals surface area contributed by atoms with Gasteiger partial charge in [-0.25, -0.2) is 4.84 Å². The van der Waals surface area contributed by atoms with Gasteiger partial charge in [-0.1, -0.05) is 24.3 Å². The summed E-state index contributed by atoms with van der Waals surface area (Å²) >= 11 is 0. The molecule has 0 radical (unpaired) electrons. The molecule has 0 aromatic heterocycles. The molecular formula is C8H7NO2. The summed E-state index contributed by atoms with van der Waals surface area (Å²) in [4.78, 5) is 5.01. The molecule has 1 spiro atoms. The largest absolute Gasteiger partial charge is 0.326 e. The minimum atomic E-state index is -0.573. The molecular weight excluding hydrogens is 142 g/mol. The van der Waals surface area contributed by atoms with Crippen molar-refractivity contribution in [2.24, 2.45) is 0 Å². The Labute approximate surface area is 63.9 Å². The highest BCUT2D eigenvalue weighted by Gasteiger charge is 2.53. The smallest absolute Gasteiger partial charge is 0.295 e. The van der Waals surface area contributed by atoms with E-state index in [9.17, 15) is 0 Å². The second-order valence-corrected chi connectivity index (χ2v) is 2.77. The van der Waals surface area contributed by atoms with Gasteiger partial charge in [-0.2, -0.15) is 0 Å². The summed E-state index contributed by atoms with van der Waals surface area (Å²) < 4.78 is 5.39. The molecule has 3 rings (SSSR count). The number of nitrogens with one attached hydrogen (secondary N) is 1. The quantitative estimate of drug-likeness (QED) is 0.556. The highest BCUT2D eigenvalue weighted by molar-refractivity contribution is 5.34. The number of hydrogen-bond donors (Lipinski definition) is 1. The molecule has 3 heteroatoms. The van der Waals surface area contributed by atoms with Crippen molar-refractivity contribution in [2.75, 3.05) is 0 Å². The number of hydroxylamine groups is 1. The fraction of sp³-hybridized carbons (Fsp3) is 0.250. The van der Waals surface area contributed by atoms with Crippen molar-refractivity contribution in [3.05, 3.63) is 35.4 Å². The molecule has 2 aliphatic rings. The number of ether oxygens (including phenoxy) is 1. The summed E-state index contributed by atoms with van der Waals surface area (Å²) in [6.45, 7) is 0.642. The van der Waals surface area contributed by atoms with Crippen molar-refractivity contribution in [2.45, 2.75) is 12.5 Å². The molecule has 1 atom stereocenters. The summed E-state index contributed by atoms with van der Waals surface area (Å²) in [6, 6.07) is 8.05. The minimum absolute atomic E-state index is 0.573. The third-order valence-electron chi connectivity index (χ3n) is 2.09. The van der Waals surface area contributed by atoms with Crippen LogP contribution in [0.1, 0.15) is 11.1 Å². The summed E-state index contributed by atoms with van der Waals surface area (Å²) in [5.74, 6) is -0.573. The second kappa shape index (κ2) is 1.64. The number of benzene rings is 1. The van der Waals surface area contributed by atoms with E-state index in [0.29, 0.717) is 6.61 Å². The van der Waals surface area contributed by atoms with Crippen LogP contribution < -0.4 is 5.48 Å². The Balaban J connectivity index is 2.21. The zero-order valence-electron chi connectivity index (χ0n) is 5.83. The molecule has 1 aromatic rings. The van der Waals surface area contributed by atoms with Crippen LogP contribution in [0.15, 0.2) is 24.3 Å². The van der Waals surface area contributed by atoms with Gasteiger partial charge in [0.25, 0.3) is 5.91 Å². The molecule has 0 aliphatic carbocycles. The van der Waals surface area contributed by atoms with E-state index >= 15 is 0 Å². The molecule has 2 heterocycles. The van der Waals surface area contributed by atoms with Gasteiger partial charge in [-0.05, 0) is 5.56 Å². The monoisotopic (exact) mass is 149 g/mol. The molecule has 0 amide bonds. The SMILES string of the molecule is c1ccc2c(c1)COC21NO1. The van der Waals surface area contributed by atoms with Crippen molar-refractivity contribution in [1.82, 2.24) is 5.48 Å². The zero-order valence-corrected chi connectivity index (χ0v) is 5.83. The van der Waals surface area contributed by atoms with E-state index in [1.54, 1.807) is 0 Å². The highest BCUT2D eigenvalue weighted by atomic mass is 16.9. The van der Waals surface area contributed by atoms with Gasteiger partial charge in [-0.15, -0.1) is 5.48 Å². The average molecular weight is 149 g/mol. The number of rotatable bonds is 0. The van der Waals surface area contributed by atoms with Crippen molar-refractivity contribution < 1.29 is 9.57 Å². The van der Waals surface area contributed by atoms with Crippen LogP contribution in [0.2, 0.25) is 0 Å². The van der Waals surface area contributed by atoms with Crippen LogP contribution in [-0.2, 0) is 22.1 Å².